The molecule has 0 aliphatic rings. The molecule has 3 N–H and O–H groups in total. The molecular formula is C16H17N4O5SY-. The quantitative estimate of drug-likeness (QED) is 0.441. The number of phenols is 1. The smallest absolute Gasteiger partial charge is 0.248 e. The number of amides is 2. The summed E-state index contributed by atoms with van der Waals surface area (Å²) < 4.78 is 21.7. The molecule has 0 bridgehead atoms. The van der Waals surface area contributed by atoms with Gasteiger partial charge in [-0.15, -0.1) is 12.1 Å². The van der Waals surface area contributed by atoms with E-state index in [0.29, 0.717) is 0 Å². The minimum absolute atomic E-state index is 0. The van der Waals surface area contributed by atoms with E-state index in [-0.39, 0.29) is 55.4 Å². The summed E-state index contributed by atoms with van der Waals surface area (Å²) in [4.78, 5) is 31.6. The van der Waals surface area contributed by atoms with Gasteiger partial charge in [0, 0.05) is 57.1 Å². The Labute approximate surface area is 181 Å². The van der Waals surface area contributed by atoms with Crippen molar-refractivity contribution in [2.24, 2.45) is 0 Å². The summed E-state index contributed by atoms with van der Waals surface area (Å²) >= 11 is 0. The second-order valence-corrected chi connectivity index (χ2v) is 8.53. The third-order valence-electron chi connectivity index (χ3n) is 3.72. The first-order chi connectivity index (χ1) is 12.0. The summed E-state index contributed by atoms with van der Waals surface area (Å²) in [5.74, 6) is -1.64. The Hall–Kier alpha value is -1.91. The van der Waals surface area contributed by atoms with Crippen LogP contribution in [0.25, 0.3) is 0 Å². The fourth-order valence-corrected chi connectivity index (χ4v) is 2.09. The monoisotopic (exact) mass is 466 g/mol. The van der Waals surface area contributed by atoms with Gasteiger partial charge in [-0.3, -0.25) is 9.59 Å². The summed E-state index contributed by atoms with van der Waals surface area (Å²) in [6, 6.07) is 5.05. The average Bonchev–Trinajstić information content (AvgIpc) is 2.57. The SMILES string of the molecule is CC(C)(C(=O)Nc1[c-]cc(NC(=O)c2cncnc2)c(O)c1)S(C)(=O)=O.[Y]. The van der Waals surface area contributed by atoms with Crippen LogP contribution in [0, 0.1) is 6.07 Å². The fourth-order valence-electron chi connectivity index (χ4n) is 1.70. The molecule has 9 nitrogen and oxygen atoms in total. The van der Waals surface area contributed by atoms with Gasteiger partial charge in [-0.25, -0.2) is 18.4 Å². The molecule has 0 spiro atoms. The Balaban J connectivity index is 0.00000364. The van der Waals surface area contributed by atoms with Crippen LogP contribution in [-0.2, 0) is 47.3 Å². The maximum absolute atomic E-state index is 12.2. The number of hydrogen-bond acceptors (Lipinski definition) is 7. The van der Waals surface area contributed by atoms with E-state index in [0.717, 1.165) is 12.3 Å². The Morgan fingerprint density at radius 1 is 1.19 bits per heavy atom. The number of benzene rings is 1. The van der Waals surface area contributed by atoms with E-state index in [9.17, 15) is 23.1 Å². The zero-order valence-corrected chi connectivity index (χ0v) is 18.5. The van der Waals surface area contributed by atoms with Crippen LogP contribution in [0.4, 0.5) is 11.4 Å². The molecule has 2 amide bonds. The van der Waals surface area contributed by atoms with E-state index in [4.69, 9.17) is 0 Å². The van der Waals surface area contributed by atoms with E-state index in [1.165, 1.54) is 38.6 Å². The molecule has 2 rings (SSSR count). The van der Waals surface area contributed by atoms with E-state index in [1.807, 2.05) is 0 Å². The normalized spacial score (nSPS) is 11.2. The zero-order valence-electron chi connectivity index (χ0n) is 14.8. The fraction of sp³-hybridized carbons (Fsp3) is 0.250. The molecule has 0 unspecified atom stereocenters. The summed E-state index contributed by atoms with van der Waals surface area (Å²) in [5, 5.41) is 14.9. The van der Waals surface area contributed by atoms with Crippen LogP contribution >= 0.6 is 0 Å². The van der Waals surface area contributed by atoms with Crippen LogP contribution < -0.4 is 10.6 Å². The molecule has 1 aromatic carbocycles. The number of aromatic hydroxyl groups is 1. The van der Waals surface area contributed by atoms with E-state index >= 15 is 0 Å². The number of rotatable bonds is 5. The maximum atomic E-state index is 12.2. The van der Waals surface area contributed by atoms with Crippen molar-refractivity contribution in [3.05, 3.63) is 42.5 Å². The van der Waals surface area contributed by atoms with E-state index < -0.39 is 26.4 Å². The molecule has 0 saturated carbocycles. The summed E-state index contributed by atoms with van der Waals surface area (Å²) in [7, 11) is -3.64. The van der Waals surface area contributed by atoms with E-state index in [1.54, 1.807) is 0 Å². The number of carbonyl (C=O) groups is 2. The average molecular weight is 466 g/mol. The van der Waals surface area contributed by atoms with Crippen LogP contribution in [0.3, 0.4) is 0 Å². The molecule has 0 atom stereocenters. The topological polar surface area (TPSA) is 138 Å². The second kappa shape index (κ2) is 8.86. The number of phenolic OH excluding ortho intramolecular Hbond substituents is 1. The van der Waals surface area contributed by atoms with Crippen molar-refractivity contribution < 1.29 is 55.8 Å². The van der Waals surface area contributed by atoms with Gasteiger partial charge in [0.15, 0.2) is 9.84 Å². The first-order valence-corrected chi connectivity index (χ1v) is 9.23. The van der Waals surface area contributed by atoms with Crippen LogP contribution in [-0.4, -0.2) is 46.3 Å². The number of aromatic nitrogens is 2. The van der Waals surface area contributed by atoms with Gasteiger partial charge in [0.25, 0.3) is 0 Å². The number of nitrogens with one attached hydrogen (secondary N) is 2. The summed E-state index contributed by atoms with van der Waals surface area (Å²) in [6.07, 6.45) is 4.85. The predicted molar refractivity (Wildman–Crippen MR) is 94.5 cm³/mol. The van der Waals surface area contributed by atoms with Gasteiger partial charge in [0.1, 0.15) is 11.1 Å². The molecular weight excluding hydrogens is 449 g/mol. The molecule has 0 fully saturated rings. The molecule has 27 heavy (non-hydrogen) atoms. The second-order valence-electron chi connectivity index (χ2n) is 5.96. The number of sulfone groups is 1. The number of hydrogen-bond donors (Lipinski definition) is 3. The van der Waals surface area contributed by atoms with Gasteiger partial charge in [0.2, 0.25) is 11.8 Å². The van der Waals surface area contributed by atoms with Crippen molar-refractivity contribution in [3.8, 4) is 5.75 Å². The van der Waals surface area contributed by atoms with Gasteiger partial charge >= 0.3 is 0 Å². The minimum atomic E-state index is -3.64. The molecule has 0 saturated heterocycles. The van der Waals surface area contributed by atoms with Gasteiger partial charge in [0.05, 0.1) is 5.56 Å². The Morgan fingerprint density at radius 3 is 2.30 bits per heavy atom. The maximum Gasteiger partial charge on any atom is 0.248 e. The first kappa shape index (κ1) is 23.1. The van der Waals surface area contributed by atoms with Crippen LogP contribution in [0.15, 0.2) is 30.9 Å². The van der Waals surface area contributed by atoms with E-state index in [2.05, 4.69) is 26.7 Å². The number of nitrogens with zero attached hydrogens (tertiary/aromatic N) is 2. The number of carbonyl (C=O) groups excluding carboxylic acids is 2. The Bertz CT molecular complexity index is 949. The minimum Gasteiger partial charge on any atom is -0.531 e. The van der Waals surface area contributed by atoms with Crippen molar-refractivity contribution >= 4 is 33.0 Å². The molecule has 0 aliphatic carbocycles. The van der Waals surface area contributed by atoms with Crippen molar-refractivity contribution in [2.45, 2.75) is 18.6 Å². The van der Waals surface area contributed by atoms with Crippen LogP contribution in [0.5, 0.6) is 5.75 Å². The van der Waals surface area contributed by atoms with Crippen LogP contribution in [0.2, 0.25) is 0 Å². The molecule has 141 valence electrons. The molecule has 11 heteroatoms. The largest absolute Gasteiger partial charge is 0.531 e. The van der Waals surface area contributed by atoms with Gasteiger partial charge in [-0.2, -0.15) is 6.07 Å². The van der Waals surface area contributed by atoms with Crippen LogP contribution in [0.1, 0.15) is 24.2 Å². The van der Waals surface area contributed by atoms with Gasteiger partial charge in [-0.1, -0.05) is 5.69 Å². The van der Waals surface area contributed by atoms with Crippen molar-refractivity contribution in [2.75, 3.05) is 16.9 Å². The molecule has 1 radical (unpaired) electrons. The third kappa shape index (κ3) is 5.54. The predicted octanol–water partition coefficient (Wildman–Crippen LogP) is 0.994. The van der Waals surface area contributed by atoms with Gasteiger partial charge < -0.3 is 15.7 Å². The van der Waals surface area contributed by atoms with Gasteiger partial charge in [-0.05, 0) is 19.5 Å². The Morgan fingerprint density at radius 2 is 1.78 bits per heavy atom. The van der Waals surface area contributed by atoms with Crippen molar-refractivity contribution in [1.29, 1.82) is 0 Å². The molecule has 2 aromatic rings. The first-order valence-electron chi connectivity index (χ1n) is 7.34. The molecule has 1 aromatic heterocycles. The Kier molecular flexibility index (Phi) is 7.59. The number of anilines is 2. The van der Waals surface area contributed by atoms with Crippen molar-refractivity contribution in [3.63, 3.8) is 0 Å². The zero-order chi connectivity index (χ0) is 19.5. The molecule has 1 heterocycles. The standard InChI is InChI=1S/C16H17N4O5S.Y/c1-16(2,26(3,24)25)15(23)19-11-4-5-12(13(21)6-11)20-14(22)10-7-17-9-18-8-10;/h5-9,21H,1-3H3,(H,19,23)(H,20,22);/q-1;. The summed E-state index contributed by atoms with van der Waals surface area (Å²) in [6.45, 7) is 2.54. The van der Waals surface area contributed by atoms with Crippen molar-refractivity contribution in [1.82, 2.24) is 9.97 Å². The third-order valence-corrected chi connectivity index (χ3v) is 5.76. The molecule has 0 aliphatic heterocycles. The summed E-state index contributed by atoms with van der Waals surface area (Å²) in [5.41, 5.74) is 0.309.